The Morgan fingerprint density at radius 2 is 1.69 bits per heavy atom. The van der Waals surface area contributed by atoms with Crippen LogP contribution >= 0.6 is 0 Å². The van der Waals surface area contributed by atoms with E-state index >= 15 is 0 Å². The van der Waals surface area contributed by atoms with E-state index in [-0.39, 0.29) is 23.8 Å². The predicted octanol–water partition coefficient (Wildman–Crippen LogP) is 2.89. The molecule has 0 aliphatic carbocycles. The van der Waals surface area contributed by atoms with Gasteiger partial charge in [0.1, 0.15) is 6.61 Å². The largest absolute Gasteiger partial charge is 0.493 e. The average molecular weight is 354 g/mol. The number of amides is 1. The van der Waals surface area contributed by atoms with Crippen LogP contribution in [0.2, 0.25) is 0 Å². The molecule has 0 saturated heterocycles. The summed E-state index contributed by atoms with van der Waals surface area (Å²) in [6.07, 6.45) is 0. The lowest BCUT2D eigenvalue weighted by molar-refractivity contribution is -0.114. The molecule has 0 saturated carbocycles. The van der Waals surface area contributed by atoms with E-state index in [0.717, 1.165) is 5.56 Å². The van der Waals surface area contributed by atoms with Gasteiger partial charge in [-0.15, -0.1) is 0 Å². The number of ether oxygens (including phenoxy) is 3. The summed E-state index contributed by atoms with van der Waals surface area (Å²) in [5, 5.41) is 11.4. The van der Waals surface area contributed by atoms with Crippen LogP contribution in [0.1, 0.15) is 28.4 Å². The van der Waals surface area contributed by atoms with Gasteiger partial charge in [-0.2, -0.15) is 5.26 Å². The zero-order chi connectivity index (χ0) is 19.1. The number of esters is 1. The van der Waals surface area contributed by atoms with E-state index in [0.29, 0.717) is 17.1 Å². The van der Waals surface area contributed by atoms with Crippen LogP contribution in [0.15, 0.2) is 36.4 Å². The molecule has 7 nitrogen and oxygen atoms in total. The summed E-state index contributed by atoms with van der Waals surface area (Å²) in [4.78, 5) is 23.9. The number of anilines is 1. The summed E-state index contributed by atoms with van der Waals surface area (Å²) in [7, 11) is 2.90. The van der Waals surface area contributed by atoms with Gasteiger partial charge in [0.2, 0.25) is 5.91 Å². The van der Waals surface area contributed by atoms with Crippen molar-refractivity contribution in [2.45, 2.75) is 13.5 Å². The molecule has 0 aliphatic rings. The maximum absolute atomic E-state index is 12.5. The Hall–Kier alpha value is -3.53. The van der Waals surface area contributed by atoms with Crippen molar-refractivity contribution in [3.63, 3.8) is 0 Å². The molecule has 0 heterocycles. The van der Waals surface area contributed by atoms with Crippen molar-refractivity contribution in [2.75, 3.05) is 19.5 Å². The first-order valence-corrected chi connectivity index (χ1v) is 7.68. The zero-order valence-corrected chi connectivity index (χ0v) is 14.7. The van der Waals surface area contributed by atoms with Crippen LogP contribution in [0.4, 0.5) is 5.69 Å². The normalized spacial score (nSPS) is 9.77. The Morgan fingerprint density at radius 1 is 1.08 bits per heavy atom. The molecule has 7 heteroatoms. The van der Waals surface area contributed by atoms with Crippen molar-refractivity contribution >= 4 is 17.6 Å². The van der Waals surface area contributed by atoms with Crippen molar-refractivity contribution in [3.05, 3.63) is 53.1 Å². The lowest BCUT2D eigenvalue weighted by Crippen LogP contribution is -2.13. The van der Waals surface area contributed by atoms with Crippen molar-refractivity contribution in [1.82, 2.24) is 0 Å². The van der Waals surface area contributed by atoms with Crippen molar-refractivity contribution in [3.8, 4) is 17.6 Å². The number of hydrogen-bond acceptors (Lipinski definition) is 6. The molecule has 0 bridgehead atoms. The number of rotatable bonds is 6. The van der Waals surface area contributed by atoms with Crippen LogP contribution in [0, 0.1) is 11.3 Å². The molecule has 134 valence electrons. The molecular weight excluding hydrogens is 336 g/mol. The van der Waals surface area contributed by atoms with E-state index in [2.05, 4.69) is 5.32 Å². The summed E-state index contributed by atoms with van der Waals surface area (Å²) in [5.74, 6) is -0.246. The fourth-order valence-electron chi connectivity index (χ4n) is 2.24. The molecule has 2 rings (SSSR count). The van der Waals surface area contributed by atoms with Gasteiger partial charge in [0.25, 0.3) is 0 Å². The standard InChI is InChI=1S/C19H18N2O5/c1-12(22)21-16-9-18(25-3)17(24-2)8-15(16)19(23)26-11-14-6-4-13(10-20)5-7-14/h4-9H,11H2,1-3H3,(H,21,22). The summed E-state index contributed by atoms with van der Waals surface area (Å²) in [5.41, 5.74) is 1.67. The lowest BCUT2D eigenvalue weighted by atomic mass is 10.1. The Morgan fingerprint density at radius 3 is 2.23 bits per heavy atom. The Balaban J connectivity index is 2.24. The number of nitriles is 1. The van der Waals surface area contributed by atoms with Gasteiger partial charge in [-0.25, -0.2) is 4.79 Å². The van der Waals surface area contributed by atoms with Gasteiger partial charge in [-0.1, -0.05) is 12.1 Å². The number of carbonyl (C=O) groups excluding carboxylic acids is 2. The van der Waals surface area contributed by atoms with E-state index in [1.807, 2.05) is 6.07 Å². The highest BCUT2D eigenvalue weighted by molar-refractivity contribution is 6.01. The minimum Gasteiger partial charge on any atom is -0.493 e. The molecule has 0 spiro atoms. The molecule has 2 aromatic carbocycles. The monoisotopic (exact) mass is 354 g/mol. The molecule has 2 aromatic rings. The van der Waals surface area contributed by atoms with Crippen LogP contribution in [-0.2, 0) is 16.1 Å². The van der Waals surface area contributed by atoms with Crippen LogP contribution in [0.25, 0.3) is 0 Å². The summed E-state index contributed by atoms with van der Waals surface area (Å²) in [6.45, 7) is 1.36. The quantitative estimate of drug-likeness (QED) is 0.801. The second-order valence-electron chi connectivity index (χ2n) is 5.32. The van der Waals surface area contributed by atoms with E-state index in [4.69, 9.17) is 19.5 Å². The highest BCUT2D eigenvalue weighted by Crippen LogP contribution is 2.34. The van der Waals surface area contributed by atoms with E-state index in [1.165, 1.54) is 33.3 Å². The van der Waals surface area contributed by atoms with Gasteiger partial charge in [0.05, 0.1) is 37.1 Å². The van der Waals surface area contributed by atoms with Crippen LogP contribution in [0.3, 0.4) is 0 Å². The third-order valence-corrected chi connectivity index (χ3v) is 3.51. The van der Waals surface area contributed by atoms with Crippen LogP contribution in [0.5, 0.6) is 11.5 Å². The number of nitrogens with zero attached hydrogens (tertiary/aromatic N) is 1. The lowest BCUT2D eigenvalue weighted by Gasteiger charge is -2.14. The highest BCUT2D eigenvalue weighted by atomic mass is 16.5. The maximum atomic E-state index is 12.5. The molecular formula is C19H18N2O5. The smallest absolute Gasteiger partial charge is 0.340 e. The fraction of sp³-hybridized carbons (Fsp3) is 0.211. The van der Waals surface area contributed by atoms with E-state index in [9.17, 15) is 9.59 Å². The maximum Gasteiger partial charge on any atom is 0.340 e. The predicted molar refractivity (Wildman–Crippen MR) is 94.1 cm³/mol. The van der Waals surface area contributed by atoms with Gasteiger partial charge in [-0.05, 0) is 17.7 Å². The van der Waals surface area contributed by atoms with Gasteiger partial charge in [-0.3, -0.25) is 4.79 Å². The van der Waals surface area contributed by atoms with Gasteiger partial charge < -0.3 is 19.5 Å². The number of methoxy groups -OCH3 is 2. The number of nitrogens with one attached hydrogen (secondary N) is 1. The van der Waals surface area contributed by atoms with Crippen molar-refractivity contribution < 1.29 is 23.8 Å². The topological polar surface area (TPSA) is 97.6 Å². The third kappa shape index (κ3) is 4.51. The van der Waals surface area contributed by atoms with Gasteiger partial charge in [0, 0.05) is 19.1 Å². The second-order valence-corrected chi connectivity index (χ2v) is 5.32. The Bertz CT molecular complexity index is 853. The zero-order valence-electron chi connectivity index (χ0n) is 14.7. The van der Waals surface area contributed by atoms with Crippen molar-refractivity contribution in [1.29, 1.82) is 5.26 Å². The Labute approximate surface area is 151 Å². The first-order valence-electron chi connectivity index (χ1n) is 7.68. The molecule has 0 aliphatic heterocycles. The number of benzene rings is 2. The first-order chi connectivity index (χ1) is 12.5. The third-order valence-electron chi connectivity index (χ3n) is 3.51. The molecule has 0 atom stereocenters. The molecule has 26 heavy (non-hydrogen) atoms. The second kappa shape index (κ2) is 8.53. The van der Waals surface area contributed by atoms with Crippen LogP contribution < -0.4 is 14.8 Å². The highest BCUT2D eigenvalue weighted by Gasteiger charge is 2.19. The summed E-state index contributed by atoms with van der Waals surface area (Å²) >= 11 is 0. The first kappa shape index (κ1) is 18.8. The van der Waals surface area contributed by atoms with Crippen molar-refractivity contribution in [2.24, 2.45) is 0 Å². The molecule has 1 amide bonds. The fourth-order valence-corrected chi connectivity index (χ4v) is 2.24. The Kier molecular flexibility index (Phi) is 6.17. The summed E-state index contributed by atoms with van der Waals surface area (Å²) < 4.78 is 15.7. The number of hydrogen-bond donors (Lipinski definition) is 1. The molecule has 0 radical (unpaired) electrons. The number of carbonyl (C=O) groups is 2. The van der Waals surface area contributed by atoms with E-state index in [1.54, 1.807) is 24.3 Å². The van der Waals surface area contributed by atoms with Gasteiger partial charge >= 0.3 is 5.97 Å². The van der Waals surface area contributed by atoms with Crippen LogP contribution in [-0.4, -0.2) is 26.1 Å². The average Bonchev–Trinajstić information content (AvgIpc) is 2.65. The molecule has 1 N–H and O–H groups in total. The molecule has 0 unspecified atom stereocenters. The summed E-state index contributed by atoms with van der Waals surface area (Å²) in [6, 6.07) is 11.7. The van der Waals surface area contributed by atoms with Gasteiger partial charge in [0.15, 0.2) is 11.5 Å². The minimum atomic E-state index is -0.626. The minimum absolute atomic E-state index is 0.0262. The van der Waals surface area contributed by atoms with E-state index < -0.39 is 5.97 Å². The molecule has 0 aromatic heterocycles. The SMILES string of the molecule is COc1cc(NC(C)=O)c(C(=O)OCc2ccc(C#N)cc2)cc1OC. The molecule has 0 fully saturated rings.